The van der Waals surface area contributed by atoms with Crippen LogP contribution in [0.2, 0.25) is 0 Å². The number of ether oxygens (including phenoxy) is 1. The van der Waals surface area contributed by atoms with Gasteiger partial charge in [0, 0.05) is 25.4 Å². The first-order valence-corrected chi connectivity index (χ1v) is 25.3. The zero-order valence-electron chi connectivity index (χ0n) is 39.6. The maximum atomic E-state index is 13.6. The lowest BCUT2D eigenvalue weighted by atomic mass is 9.87. The Bertz CT molecular complexity index is 1070. The highest BCUT2D eigenvalue weighted by molar-refractivity contribution is 5.76. The van der Waals surface area contributed by atoms with Crippen molar-refractivity contribution in [2.24, 2.45) is 11.8 Å². The second kappa shape index (κ2) is 41.0. The number of nitrogens with zero attached hydrogens (tertiary/aromatic N) is 1. The molecule has 3 atom stereocenters. The molecular weight excluding hydrogens is 725 g/mol. The maximum absolute atomic E-state index is 13.6. The minimum Gasteiger partial charge on any atom is -0.462 e. The van der Waals surface area contributed by atoms with Crippen LogP contribution in [0.1, 0.15) is 226 Å². The van der Waals surface area contributed by atoms with Crippen molar-refractivity contribution in [3.63, 3.8) is 0 Å². The van der Waals surface area contributed by atoms with E-state index in [0.29, 0.717) is 12.8 Å². The van der Waals surface area contributed by atoms with Crippen LogP contribution in [0.5, 0.6) is 0 Å². The van der Waals surface area contributed by atoms with Gasteiger partial charge in [0.2, 0.25) is 5.91 Å². The van der Waals surface area contributed by atoms with E-state index in [4.69, 9.17) is 4.74 Å². The number of esters is 1. The van der Waals surface area contributed by atoms with Crippen molar-refractivity contribution < 1.29 is 14.3 Å². The number of carbonyl (C=O) groups excluding carboxylic acids is 2. The third-order valence-electron chi connectivity index (χ3n) is 12.1. The minimum absolute atomic E-state index is 0.0240. The first kappa shape index (κ1) is 54.6. The number of hydrogen-bond donors (Lipinski definition) is 1. The van der Waals surface area contributed by atoms with Gasteiger partial charge in [-0.05, 0) is 142 Å². The molecule has 0 saturated heterocycles. The summed E-state index contributed by atoms with van der Waals surface area (Å²) in [5.41, 5.74) is 0. The lowest BCUT2D eigenvalue weighted by molar-refractivity contribution is -0.151. The van der Waals surface area contributed by atoms with Gasteiger partial charge in [-0.3, -0.25) is 9.59 Å². The van der Waals surface area contributed by atoms with E-state index in [1.54, 1.807) is 0 Å². The second-order valence-electron chi connectivity index (χ2n) is 17.9. The Kier molecular flexibility index (Phi) is 37.9. The van der Waals surface area contributed by atoms with E-state index in [-0.39, 0.29) is 35.9 Å². The number of hydrogen-bond acceptors (Lipinski definition) is 4. The van der Waals surface area contributed by atoms with Gasteiger partial charge in [-0.15, -0.1) is 0 Å². The molecule has 1 aliphatic rings. The molecule has 340 valence electrons. The molecule has 0 radical (unpaired) electrons. The van der Waals surface area contributed by atoms with E-state index in [2.05, 4.69) is 91.7 Å². The van der Waals surface area contributed by atoms with Crippen LogP contribution in [0.3, 0.4) is 0 Å². The fraction of sp³-hybridized carbons (Fsp3) is 0.778. The number of unbranched alkanes of at least 4 members (excludes halogenated alkanes) is 18. The van der Waals surface area contributed by atoms with E-state index in [0.717, 1.165) is 70.8 Å². The van der Waals surface area contributed by atoms with Crippen LogP contribution in [0.15, 0.2) is 60.8 Å². The van der Waals surface area contributed by atoms with Crippen molar-refractivity contribution in [2.75, 3.05) is 20.6 Å². The van der Waals surface area contributed by atoms with Crippen LogP contribution >= 0.6 is 0 Å². The molecule has 5 heteroatoms. The molecule has 1 saturated carbocycles. The summed E-state index contributed by atoms with van der Waals surface area (Å²) in [4.78, 5) is 28.4. The molecule has 0 bridgehead atoms. The molecular formula is C54H96N2O3. The van der Waals surface area contributed by atoms with E-state index < -0.39 is 0 Å². The van der Waals surface area contributed by atoms with Crippen LogP contribution in [0, 0.1) is 11.8 Å². The molecule has 3 unspecified atom stereocenters. The molecule has 0 aromatic carbocycles. The highest BCUT2D eigenvalue weighted by atomic mass is 16.5. The maximum Gasteiger partial charge on any atom is 0.306 e. The summed E-state index contributed by atoms with van der Waals surface area (Å²) in [5, 5.41) is 3.34. The molecule has 0 aromatic rings. The summed E-state index contributed by atoms with van der Waals surface area (Å²) in [6.45, 7) is 7.43. The number of nitrogens with one attached hydrogen (secondary N) is 1. The third-order valence-corrected chi connectivity index (χ3v) is 12.1. The second-order valence-corrected chi connectivity index (χ2v) is 17.9. The number of carbonyl (C=O) groups is 2. The Balaban J connectivity index is 2.53. The molecule has 59 heavy (non-hydrogen) atoms. The molecule has 1 N–H and O–H groups in total. The standard InChI is InChI=1S/C54H96N2O3/c1-6-9-12-14-16-18-20-22-24-26-28-30-32-34-36-39-41-50(42-40-37-35-33-31-29-27-25-23-21-19-17-15-13-10-7-2)59-54(58)48-49-44-45-52(51(49)43-38-11-8-3)55-53(57)46-47-56(4)5/h11,16-19,22-25,38,49-52H,6-10,12-15,20-21,26-37,39-48H2,1-5H3,(H,55,57)/b18-16-,19-17-,24-22-,25-23-,38-11-. The SMILES string of the molecule is CC/C=C\CC1C(CC(=O)OC(CCCCCCCC/C=C\C/C=C\CCCCC)CCCCCCCC/C=C\C/C=C\CCCCC)CCC1NC(=O)CCN(C)C. The number of allylic oxidation sites excluding steroid dienone is 10. The fourth-order valence-electron chi connectivity index (χ4n) is 8.39. The molecule has 0 heterocycles. The molecule has 1 fully saturated rings. The monoisotopic (exact) mass is 821 g/mol. The summed E-state index contributed by atoms with van der Waals surface area (Å²) >= 11 is 0. The average molecular weight is 821 g/mol. The largest absolute Gasteiger partial charge is 0.462 e. The van der Waals surface area contributed by atoms with Gasteiger partial charge in [0.15, 0.2) is 0 Å². The summed E-state index contributed by atoms with van der Waals surface area (Å²) in [7, 11) is 4.01. The van der Waals surface area contributed by atoms with E-state index >= 15 is 0 Å². The van der Waals surface area contributed by atoms with Crippen LogP contribution in [-0.2, 0) is 14.3 Å². The topological polar surface area (TPSA) is 58.6 Å². The van der Waals surface area contributed by atoms with Crippen LogP contribution in [0.4, 0.5) is 0 Å². The van der Waals surface area contributed by atoms with Crippen LogP contribution < -0.4 is 5.32 Å². The Morgan fingerprint density at radius 1 is 0.593 bits per heavy atom. The predicted molar refractivity (Wildman–Crippen MR) is 258 cm³/mol. The first-order valence-electron chi connectivity index (χ1n) is 25.3. The smallest absolute Gasteiger partial charge is 0.306 e. The van der Waals surface area contributed by atoms with Crippen molar-refractivity contribution in [3.05, 3.63) is 60.8 Å². The molecule has 0 spiro atoms. The van der Waals surface area contributed by atoms with Gasteiger partial charge < -0.3 is 15.0 Å². The van der Waals surface area contributed by atoms with Crippen molar-refractivity contribution in [3.8, 4) is 0 Å². The van der Waals surface area contributed by atoms with Gasteiger partial charge in [0.25, 0.3) is 0 Å². The molecule has 1 aliphatic carbocycles. The van der Waals surface area contributed by atoms with Gasteiger partial charge in [-0.2, -0.15) is 0 Å². The van der Waals surface area contributed by atoms with Crippen molar-refractivity contribution in [1.82, 2.24) is 10.2 Å². The molecule has 1 amide bonds. The summed E-state index contributed by atoms with van der Waals surface area (Å²) < 4.78 is 6.34. The van der Waals surface area contributed by atoms with Crippen molar-refractivity contribution >= 4 is 11.9 Å². The normalized spacial score (nSPS) is 17.4. The van der Waals surface area contributed by atoms with Gasteiger partial charge in [0.1, 0.15) is 6.10 Å². The summed E-state index contributed by atoms with van der Waals surface area (Å²) in [6.07, 6.45) is 59.9. The zero-order chi connectivity index (χ0) is 42.9. The van der Waals surface area contributed by atoms with Crippen LogP contribution in [0.25, 0.3) is 0 Å². The van der Waals surface area contributed by atoms with Crippen molar-refractivity contribution in [2.45, 2.75) is 238 Å². The quantitative estimate of drug-likeness (QED) is 0.0380. The molecule has 5 nitrogen and oxygen atoms in total. The molecule has 1 rings (SSSR count). The van der Waals surface area contributed by atoms with E-state index in [9.17, 15) is 9.59 Å². The zero-order valence-corrected chi connectivity index (χ0v) is 39.6. The Morgan fingerprint density at radius 3 is 1.54 bits per heavy atom. The Hall–Kier alpha value is -2.40. The predicted octanol–water partition coefficient (Wildman–Crippen LogP) is 15.5. The summed E-state index contributed by atoms with van der Waals surface area (Å²) in [5.74, 6) is 0.641. The average Bonchev–Trinajstić information content (AvgIpc) is 3.58. The lowest BCUT2D eigenvalue weighted by Gasteiger charge is -2.25. The van der Waals surface area contributed by atoms with Gasteiger partial charge in [-0.25, -0.2) is 0 Å². The van der Waals surface area contributed by atoms with Gasteiger partial charge in [-0.1, -0.05) is 159 Å². The summed E-state index contributed by atoms with van der Waals surface area (Å²) in [6, 6.07) is 0.135. The lowest BCUT2D eigenvalue weighted by Crippen LogP contribution is -2.39. The third kappa shape index (κ3) is 33.9. The van der Waals surface area contributed by atoms with E-state index in [1.807, 2.05) is 14.1 Å². The van der Waals surface area contributed by atoms with Crippen LogP contribution in [-0.4, -0.2) is 49.6 Å². The van der Waals surface area contributed by atoms with Crippen molar-refractivity contribution in [1.29, 1.82) is 0 Å². The highest BCUT2D eigenvalue weighted by Crippen LogP contribution is 2.38. The fourth-order valence-corrected chi connectivity index (χ4v) is 8.39. The molecule has 0 aromatic heterocycles. The first-order chi connectivity index (χ1) is 28.9. The number of amides is 1. The minimum atomic E-state index is -0.0240. The van der Waals surface area contributed by atoms with E-state index in [1.165, 1.54) is 128 Å². The molecule has 0 aliphatic heterocycles. The van der Waals surface area contributed by atoms with Gasteiger partial charge in [0.05, 0.1) is 0 Å². The Labute approximate surface area is 366 Å². The Morgan fingerprint density at radius 2 is 1.07 bits per heavy atom. The highest BCUT2D eigenvalue weighted by Gasteiger charge is 2.37. The van der Waals surface area contributed by atoms with Gasteiger partial charge >= 0.3 is 5.97 Å². The number of rotatable bonds is 40.